The van der Waals surface area contributed by atoms with E-state index in [0.29, 0.717) is 17.0 Å². The van der Waals surface area contributed by atoms with E-state index in [-0.39, 0.29) is 16.6 Å². The number of hydrogen-bond acceptors (Lipinski definition) is 5. The zero-order valence-electron chi connectivity index (χ0n) is 14.9. The number of amides is 1. The molecule has 28 heavy (non-hydrogen) atoms. The van der Waals surface area contributed by atoms with Crippen LogP contribution in [0.5, 0.6) is 5.75 Å². The fraction of sp³-hybridized carbons (Fsp3) is 0.111. The molecule has 0 unspecified atom stereocenters. The zero-order valence-corrected chi connectivity index (χ0v) is 18.1. The summed E-state index contributed by atoms with van der Waals surface area (Å²) in [5, 5.41) is 5.45. The van der Waals surface area contributed by atoms with Gasteiger partial charge in [-0.2, -0.15) is 0 Å². The van der Waals surface area contributed by atoms with E-state index in [1.165, 1.54) is 25.3 Å². The topological polar surface area (TPSA) is 96.5 Å². The Bertz CT molecular complexity index is 992. The third-order valence-electron chi connectivity index (χ3n) is 3.47. The molecule has 1 amide bonds. The minimum Gasteiger partial charge on any atom is -0.496 e. The number of benzene rings is 2. The number of halogens is 1. The molecule has 148 valence electrons. The van der Waals surface area contributed by atoms with Crippen molar-refractivity contribution in [1.82, 2.24) is 10.0 Å². The predicted molar refractivity (Wildman–Crippen MR) is 116 cm³/mol. The maximum atomic E-state index is 12.4. The number of carbonyl (C=O) groups is 1. The Morgan fingerprint density at radius 1 is 1.25 bits per heavy atom. The molecular formula is C18H18BrN3O4S2. The highest BCUT2D eigenvalue weighted by Crippen LogP contribution is 2.23. The lowest BCUT2D eigenvalue weighted by Gasteiger charge is -2.12. The van der Waals surface area contributed by atoms with E-state index >= 15 is 0 Å². The van der Waals surface area contributed by atoms with Gasteiger partial charge in [-0.1, -0.05) is 22.0 Å². The Morgan fingerprint density at radius 3 is 2.54 bits per heavy atom. The molecule has 0 bridgehead atoms. The first-order valence-corrected chi connectivity index (χ1v) is 10.6. The average Bonchev–Trinajstić information content (AvgIpc) is 2.66. The molecule has 0 spiro atoms. The fourth-order valence-electron chi connectivity index (χ4n) is 2.16. The number of carbonyl (C=O) groups excluding carboxylic acids is 1. The monoisotopic (exact) mass is 483 g/mol. The van der Waals surface area contributed by atoms with Crippen molar-refractivity contribution >= 4 is 54.9 Å². The highest BCUT2D eigenvalue weighted by Gasteiger charge is 2.15. The molecule has 0 aliphatic carbocycles. The van der Waals surface area contributed by atoms with Gasteiger partial charge >= 0.3 is 0 Å². The first-order chi connectivity index (χ1) is 13.3. The number of anilines is 1. The lowest BCUT2D eigenvalue weighted by Crippen LogP contribution is -2.34. The molecule has 0 atom stereocenters. The molecular weight excluding hydrogens is 466 g/mol. The minimum absolute atomic E-state index is 0.0624. The third kappa shape index (κ3) is 5.86. The van der Waals surface area contributed by atoms with Crippen molar-refractivity contribution in [3.05, 3.63) is 65.2 Å². The van der Waals surface area contributed by atoms with Gasteiger partial charge in [0.1, 0.15) is 5.75 Å². The molecule has 0 fully saturated rings. The summed E-state index contributed by atoms with van der Waals surface area (Å²) in [6, 6.07) is 11.0. The first-order valence-electron chi connectivity index (χ1n) is 7.93. The molecule has 0 aromatic heterocycles. The minimum atomic E-state index is -3.60. The van der Waals surface area contributed by atoms with Gasteiger partial charge in [0.15, 0.2) is 5.11 Å². The van der Waals surface area contributed by atoms with E-state index in [4.69, 9.17) is 17.0 Å². The van der Waals surface area contributed by atoms with Crippen LogP contribution in [0.25, 0.3) is 0 Å². The molecule has 0 radical (unpaired) electrons. The van der Waals surface area contributed by atoms with E-state index in [9.17, 15) is 13.2 Å². The second kappa shape index (κ2) is 9.78. The SMILES string of the molecule is C=CCNS(=O)(=O)c1ccc(NC(=S)NC(=O)c2cc(Br)ccc2OC)cc1. The van der Waals surface area contributed by atoms with Crippen molar-refractivity contribution in [2.24, 2.45) is 0 Å². The van der Waals surface area contributed by atoms with Crippen molar-refractivity contribution in [2.45, 2.75) is 4.90 Å². The number of nitrogens with one attached hydrogen (secondary N) is 3. The third-order valence-corrected chi connectivity index (χ3v) is 5.61. The van der Waals surface area contributed by atoms with Gasteiger partial charge in [0.25, 0.3) is 5.91 Å². The largest absolute Gasteiger partial charge is 0.496 e. The molecule has 2 rings (SSSR count). The molecule has 3 N–H and O–H groups in total. The van der Waals surface area contributed by atoms with Gasteiger partial charge in [-0.15, -0.1) is 6.58 Å². The molecule has 10 heteroatoms. The zero-order chi connectivity index (χ0) is 20.7. The van der Waals surface area contributed by atoms with Crippen LogP contribution in [0, 0.1) is 0 Å². The van der Waals surface area contributed by atoms with Gasteiger partial charge in [0, 0.05) is 16.7 Å². The van der Waals surface area contributed by atoms with Gasteiger partial charge in [-0.05, 0) is 54.7 Å². The summed E-state index contributed by atoms with van der Waals surface area (Å²) < 4.78 is 32.4. The maximum absolute atomic E-state index is 12.4. The Morgan fingerprint density at radius 2 is 1.93 bits per heavy atom. The maximum Gasteiger partial charge on any atom is 0.261 e. The van der Waals surface area contributed by atoms with Crippen LogP contribution in [0.1, 0.15) is 10.4 Å². The van der Waals surface area contributed by atoms with Crippen LogP contribution >= 0.6 is 28.1 Å². The summed E-state index contributed by atoms with van der Waals surface area (Å²) in [5.74, 6) is -0.0337. The van der Waals surface area contributed by atoms with Crippen LogP contribution in [0.15, 0.2) is 64.5 Å². The first kappa shape index (κ1) is 22.0. The number of hydrogen-bond donors (Lipinski definition) is 3. The van der Waals surface area contributed by atoms with Crippen molar-refractivity contribution in [3.63, 3.8) is 0 Å². The summed E-state index contributed by atoms with van der Waals surface area (Å²) in [5.41, 5.74) is 0.838. The van der Waals surface area contributed by atoms with Gasteiger partial charge in [0.2, 0.25) is 10.0 Å². The Hall–Kier alpha value is -2.27. The number of methoxy groups -OCH3 is 1. The van der Waals surface area contributed by atoms with Crippen LogP contribution < -0.4 is 20.1 Å². The van der Waals surface area contributed by atoms with Crippen molar-refractivity contribution in [2.75, 3.05) is 19.0 Å². The van der Waals surface area contributed by atoms with E-state index in [1.54, 1.807) is 30.3 Å². The molecule has 2 aromatic carbocycles. The second-order valence-corrected chi connectivity index (χ2v) is 8.51. The molecule has 7 nitrogen and oxygen atoms in total. The molecule has 2 aromatic rings. The van der Waals surface area contributed by atoms with Gasteiger partial charge in [-0.3, -0.25) is 10.1 Å². The van der Waals surface area contributed by atoms with Gasteiger partial charge in [-0.25, -0.2) is 13.1 Å². The Labute approximate surface area is 177 Å². The number of rotatable bonds is 7. The van der Waals surface area contributed by atoms with Crippen LogP contribution in [-0.4, -0.2) is 33.1 Å². The lowest BCUT2D eigenvalue weighted by molar-refractivity contribution is 0.0974. The second-order valence-electron chi connectivity index (χ2n) is 5.42. The molecule has 0 heterocycles. The Kier molecular flexibility index (Phi) is 7.69. The van der Waals surface area contributed by atoms with Crippen LogP contribution in [-0.2, 0) is 10.0 Å². The number of sulfonamides is 1. The van der Waals surface area contributed by atoms with E-state index < -0.39 is 15.9 Å². The van der Waals surface area contributed by atoms with Crippen LogP contribution in [0.4, 0.5) is 5.69 Å². The van der Waals surface area contributed by atoms with Crippen molar-refractivity contribution < 1.29 is 17.9 Å². The van der Waals surface area contributed by atoms with Gasteiger partial charge in [0.05, 0.1) is 17.6 Å². The van der Waals surface area contributed by atoms with E-state index in [1.807, 2.05) is 0 Å². The van der Waals surface area contributed by atoms with Crippen LogP contribution in [0.3, 0.4) is 0 Å². The standard InChI is InChI=1S/C18H18BrN3O4S2/c1-3-10-20-28(24,25)14-7-5-13(6-8-14)21-18(27)22-17(23)15-11-12(19)4-9-16(15)26-2/h3-9,11,20H,1,10H2,2H3,(H2,21,22,23,27). The van der Waals surface area contributed by atoms with Crippen molar-refractivity contribution in [1.29, 1.82) is 0 Å². The molecule has 0 aliphatic rings. The summed E-state index contributed by atoms with van der Waals surface area (Å²) in [4.78, 5) is 12.5. The highest BCUT2D eigenvalue weighted by molar-refractivity contribution is 9.10. The highest BCUT2D eigenvalue weighted by atomic mass is 79.9. The molecule has 0 aliphatic heterocycles. The number of thiocarbonyl (C=S) groups is 1. The summed E-state index contributed by atoms with van der Waals surface area (Å²) in [6.45, 7) is 3.61. The molecule has 0 saturated carbocycles. The Balaban J connectivity index is 2.04. The van der Waals surface area contributed by atoms with E-state index in [2.05, 4.69) is 37.9 Å². The van der Waals surface area contributed by atoms with Gasteiger partial charge < -0.3 is 10.1 Å². The summed E-state index contributed by atoms with van der Waals surface area (Å²) in [7, 11) is -2.14. The quantitative estimate of drug-likeness (QED) is 0.413. The summed E-state index contributed by atoms with van der Waals surface area (Å²) in [6.07, 6.45) is 1.45. The number of ether oxygens (including phenoxy) is 1. The van der Waals surface area contributed by atoms with Crippen molar-refractivity contribution in [3.8, 4) is 5.75 Å². The predicted octanol–water partition coefficient (Wildman–Crippen LogP) is 3.05. The molecule has 0 saturated heterocycles. The summed E-state index contributed by atoms with van der Waals surface area (Å²) >= 11 is 8.46. The fourth-order valence-corrected chi connectivity index (χ4v) is 3.73. The van der Waals surface area contributed by atoms with Crippen LogP contribution in [0.2, 0.25) is 0 Å². The smallest absolute Gasteiger partial charge is 0.261 e. The normalized spacial score (nSPS) is 10.8. The lowest BCUT2D eigenvalue weighted by atomic mass is 10.2. The van der Waals surface area contributed by atoms with E-state index in [0.717, 1.165) is 4.47 Å². The average molecular weight is 484 g/mol.